The highest BCUT2D eigenvalue weighted by molar-refractivity contribution is 5.57. The van der Waals surface area contributed by atoms with E-state index in [4.69, 9.17) is 10.6 Å². The van der Waals surface area contributed by atoms with Gasteiger partial charge in [-0.1, -0.05) is 25.4 Å². The van der Waals surface area contributed by atoms with E-state index >= 15 is 0 Å². The van der Waals surface area contributed by atoms with Crippen LogP contribution in [0.1, 0.15) is 78.1 Å². The van der Waals surface area contributed by atoms with E-state index in [2.05, 4.69) is 19.0 Å². The molecule has 4 rings (SSSR count). The summed E-state index contributed by atoms with van der Waals surface area (Å²) in [5.41, 5.74) is 6.44. The standard InChI is InChI=1S/C23H40N2O2/c1-22-9-3-4-20(22)19-6-5-16-14-18(26)15-17(8-12-25-27-13-11-24)23(16,2)21(19)7-10-22/h12,16-21,26H,3-11,13-15,24H2,1-2H3/b25-12+/t16-,17?,18-,19+,20+,21+,22+,23-/m1/s1. The van der Waals surface area contributed by atoms with Crippen molar-refractivity contribution in [2.24, 2.45) is 51.3 Å². The van der Waals surface area contributed by atoms with Gasteiger partial charge in [-0.05, 0) is 98.2 Å². The molecular formula is C23H40N2O2. The number of nitrogens with zero attached hydrogens (tertiary/aromatic N) is 1. The maximum Gasteiger partial charge on any atom is 0.129 e. The number of hydrogen-bond donors (Lipinski definition) is 2. The lowest BCUT2D eigenvalue weighted by Gasteiger charge is -2.63. The molecule has 3 N–H and O–H groups in total. The summed E-state index contributed by atoms with van der Waals surface area (Å²) in [5, 5.41) is 14.7. The summed E-state index contributed by atoms with van der Waals surface area (Å²) in [6, 6.07) is 0. The van der Waals surface area contributed by atoms with Crippen molar-refractivity contribution in [2.75, 3.05) is 13.2 Å². The molecule has 0 radical (unpaired) electrons. The Morgan fingerprint density at radius 3 is 2.78 bits per heavy atom. The van der Waals surface area contributed by atoms with Crippen LogP contribution in [0.2, 0.25) is 0 Å². The minimum absolute atomic E-state index is 0.136. The maximum absolute atomic E-state index is 10.6. The molecule has 0 aromatic rings. The minimum atomic E-state index is -0.136. The van der Waals surface area contributed by atoms with Crippen molar-refractivity contribution >= 4 is 6.21 Å². The maximum atomic E-state index is 10.6. The first-order valence-electron chi connectivity index (χ1n) is 11.5. The van der Waals surface area contributed by atoms with Gasteiger partial charge in [0.05, 0.1) is 6.10 Å². The second kappa shape index (κ2) is 7.67. The molecule has 4 aliphatic carbocycles. The summed E-state index contributed by atoms with van der Waals surface area (Å²) >= 11 is 0. The number of fused-ring (bicyclic) bond motifs is 5. The predicted molar refractivity (Wildman–Crippen MR) is 109 cm³/mol. The van der Waals surface area contributed by atoms with Gasteiger partial charge in [-0.3, -0.25) is 0 Å². The topological polar surface area (TPSA) is 67.8 Å². The van der Waals surface area contributed by atoms with Gasteiger partial charge in [0.15, 0.2) is 0 Å². The molecule has 4 saturated carbocycles. The second-order valence-electron chi connectivity index (χ2n) is 10.6. The molecular weight excluding hydrogens is 336 g/mol. The Hall–Kier alpha value is -0.610. The zero-order valence-corrected chi connectivity index (χ0v) is 17.4. The molecule has 8 atom stereocenters. The summed E-state index contributed by atoms with van der Waals surface area (Å²) in [6.07, 6.45) is 14.6. The quantitative estimate of drug-likeness (QED) is 0.426. The molecule has 27 heavy (non-hydrogen) atoms. The van der Waals surface area contributed by atoms with E-state index in [1.54, 1.807) is 0 Å². The molecule has 4 aliphatic rings. The van der Waals surface area contributed by atoms with Crippen molar-refractivity contribution in [1.82, 2.24) is 0 Å². The third kappa shape index (κ3) is 3.35. The number of aliphatic hydroxyl groups excluding tert-OH is 1. The summed E-state index contributed by atoms with van der Waals surface area (Å²) in [4.78, 5) is 5.23. The largest absolute Gasteiger partial charge is 0.395 e. The second-order valence-corrected chi connectivity index (χ2v) is 10.6. The highest BCUT2D eigenvalue weighted by Gasteiger charge is 2.60. The Morgan fingerprint density at radius 1 is 1.11 bits per heavy atom. The van der Waals surface area contributed by atoms with Gasteiger partial charge < -0.3 is 15.7 Å². The lowest BCUT2D eigenvalue weighted by Crippen LogP contribution is -2.56. The van der Waals surface area contributed by atoms with Crippen molar-refractivity contribution in [1.29, 1.82) is 0 Å². The van der Waals surface area contributed by atoms with E-state index in [0.717, 1.165) is 37.0 Å². The van der Waals surface area contributed by atoms with Gasteiger partial charge in [-0.2, -0.15) is 0 Å². The van der Waals surface area contributed by atoms with Gasteiger partial charge in [0.25, 0.3) is 0 Å². The zero-order valence-electron chi connectivity index (χ0n) is 17.4. The zero-order chi connectivity index (χ0) is 19.1. The molecule has 0 bridgehead atoms. The number of nitrogens with two attached hydrogens (primary N) is 1. The van der Waals surface area contributed by atoms with Crippen LogP contribution < -0.4 is 5.73 Å². The van der Waals surface area contributed by atoms with Crippen LogP contribution >= 0.6 is 0 Å². The number of aliphatic hydroxyl groups is 1. The molecule has 4 nitrogen and oxygen atoms in total. The van der Waals surface area contributed by atoms with E-state index in [9.17, 15) is 5.11 Å². The Balaban J connectivity index is 1.55. The smallest absolute Gasteiger partial charge is 0.129 e. The van der Waals surface area contributed by atoms with Crippen molar-refractivity contribution in [3.05, 3.63) is 0 Å². The monoisotopic (exact) mass is 376 g/mol. The molecule has 0 heterocycles. The van der Waals surface area contributed by atoms with Crippen molar-refractivity contribution in [3.8, 4) is 0 Å². The van der Waals surface area contributed by atoms with Crippen molar-refractivity contribution in [3.63, 3.8) is 0 Å². The van der Waals surface area contributed by atoms with Crippen LogP contribution in [0, 0.1) is 40.4 Å². The average Bonchev–Trinajstić information content (AvgIpc) is 3.04. The molecule has 0 aromatic heterocycles. The Morgan fingerprint density at radius 2 is 1.96 bits per heavy atom. The van der Waals surface area contributed by atoms with Gasteiger partial charge in [-0.25, -0.2) is 0 Å². The lowest BCUT2D eigenvalue weighted by molar-refractivity contribution is -0.150. The highest BCUT2D eigenvalue weighted by atomic mass is 16.6. The van der Waals surface area contributed by atoms with Crippen LogP contribution in [-0.2, 0) is 4.84 Å². The molecule has 0 aromatic carbocycles. The Labute approximate surface area is 165 Å². The molecule has 4 heteroatoms. The molecule has 0 saturated heterocycles. The van der Waals surface area contributed by atoms with Gasteiger partial charge in [0.1, 0.15) is 6.61 Å². The predicted octanol–water partition coefficient (Wildman–Crippen LogP) is 4.36. The third-order valence-electron chi connectivity index (χ3n) is 9.49. The van der Waals surface area contributed by atoms with Gasteiger partial charge in [-0.15, -0.1) is 0 Å². The molecule has 0 spiro atoms. The molecule has 0 amide bonds. The van der Waals surface area contributed by atoms with Crippen molar-refractivity contribution in [2.45, 2.75) is 84.2 Å². The van der Waals surface area contributed by atoms with Crippen LogP contribution in [0.4, 0.5) is 0 Å². The Bertz CT molecular complexity index is 552. The van der Waals surface area contributed by atoms with E-state index in [-0.39, 0.29) is 6.10 Å². The summed E-state index contributed by atoms with van der Waals surface area (Å²) in [5.74, 6) is 3.90. The van der Waals surface area contributed by atoms with E-state index in [1.807, 2.05) is 6.21 Å². The van der Waals surface area contributed by atoms with Crippen LogP contribution in [0.5, 0.6) is 0 Å². The third-order valence-corrected chi connectivity index (χ3v) is 9.49. The van der Waals surface area contributed by atoms with E-state index in [0.29, 0.717) is 35.8 Å². The van der Waals surface area contributed by atoms with Gasteiger partial charge in [0.2, 0.25) is 0 Å². The number of rotatable bonds is 5. The van der Waals surface area contributed by atoms with Crippen molar-refractivity contribution < 1.29 is 9.94 Å². The summed E-state index contributed by atoms with van der Waals surface area (Å²) in [7, 11) is 0. The first kappa shape index (κ1) is 19.7. The fourth-order valence-corrected chi connectivity index (χ4v) is 8.16. The SMILES string of the molecule is C[C@@]12CCC[C@H]1[C@@H]1CC[C@@H]3C[C@@H](O)CC(C/C=N/OCCN)[C@]3(C)[C@H]1CC2. The molecule has 154 valence electrons. The van der Waals surface area contributed by atoms with Gasteiger partial charge >= 0.3 is 0 Å². The molecule has 4 fully saturated rings. The fourth-order valence-electron chi connectivity index (χ4n) is 8.16. The molecule has 1 unspecified atom stereocenters. The lowest BCUT2D eigenvalue weighted by atomic mass is 9.42. The number of oxime groups is 1. The first-order chi connectivity index (χ1) is 13.0. The number of hydrogen-bond acceptors (Lipinski definition) is 4. The molecule has 0 aliphatic heterocycles. The van der Waals surface area contributed by atoms with Crippen LogP contribution in [-0.4, -0.2) is 30.6 Å². The van der Waals surface area contributed by atoms with Crippen LogP contribution in [0.25, 0.3) is 0 Å². The Kier molecular flexibility index (Phi) is 5.59. The normalized spacial score (nSPS) is 49.5. The summed E-state index contributed by atoms with van der Waals surface area (Å²) in [6.45, 7) is 6.15. The fraction of sp³-hybridized carbons (Fsp3) is 0.957. The van der Waals surface area contributed by atoms with E-state index in [1.165, 1.54) is 44.9 Å². The summed E-state index contributed by atoms with van der Waals surface area (Å²) < 4.78 is 0. The highest BCUT2D eigenvalue weighted by Crippen LogP contribution is 2.67. The minimum Gasteiger partial charge on any atom is -0.395 e. The van der Waals surface area contributed by atoms with Gasteiger partial charge in [0, 0.05) is 12.8 Å². The average molecular weight is 377 g/mol. The van der Waals surface area contributed by atoms with Crippen LogP contribution in [0.3, 0.4) is 0 Å². The van der Waals surface area contributed by atoms with Crippen LogP contribution in [0.15, 0.2) is 5.16 Å². The first-order valence-corrected chi connectivity index (χ1v) is 11.5. The van der Waals surface area contributed by atoms with E-state index < -0.39 is 0 Å².